The van der Waals surface area contributed by atoms with Crippen molar-refractivity contribution < 1.29 is 19.0 Å². The van der Waals surface area contributed by atoms with Crippen LogP contribution >= 0.6 is 0 Å². The van der Waals surface area contributed by atoms with Crippen LogP contribution in [-0.4, -0.2) is 17.8 Å². The zero-order valence-corrected chi connectivity index (χ0v) is 22.5. The number of hydrogen-bond acceptors (Lipinski definition) is 5. The lowest BCUT2D eigenvalue weighted by Gasteiger charge is -2.10. The Morgan fingerprint density at radius 1 is 0.725 bits per heavy atom. The smallest absolute Gasteiger partial charge is 0.328 e. The molecule has 4 rings (SSSR count). The van der Waals surface area contributed by atoms with Crippen molar-refractivity contribution in [1.29, 1.82) is 0 Å². The molecule has 40 heavy (non-hydrogen) atoms. The fraction of sp³-hybridized carbons (Fsp3) is 0.121. The predicted octanol–water partition coefficient (Wildman–Crippen LogP) is 7.19. The van der Waals surface area contributed by atoms with Gasteiger partial charge in [-0.15, -0.1) is 0 Å². The quantitative estimate of drug-likeness (QED) is 0.140. The molecule has 0 heterocycles. The van der Waals surface area contributed by atoms with E-state index in [9.17, 15) is 4.79 Å². The van der Waals surface area contributed by atoms with Crippen molar-refractivity contribution in [2.75, 3.05) is 0 Å². The van der Waals surface area contributed by atoms with Gasteiger partial charge in [-0.3, -0.25) is 4.79 Å². The fourth-order valence-electron chi connectivity index (χ4n) is 3.82. The van der Waals surface area contributed by atoms with Gasteiger partial charge in [0.05, 0.1) is 0 Å². The van der Waals surface area contributed by atoms with Gasteiger partial charge in [0.15, 0.2) is 5.90 Å². The molecule has 0 bridgehead atoms. The lowest BCUT2D eigenvalue weighted by Crippen LogP contribution is -2.14. The number of carbonyl (C=O) groups excluding carboxylic acids is 1. The number of primary amides is 1. The number of nitrogens with zero attached hydrogens (tertiary/aromatic N) is 2. The molecule has 0 aliphatic carbocycles. The van der Waals surface area contributed by atoms with Gasteiger partial charge >= 0.3 is 6.02 Å². The Bertz CT molecular complexity index is 1490. The molecule has 1 amide bonds. The highest BCUT2D eigenvalue weighted by molar-refractivity contribution is 5.93. The van der Waals surface area contributed by atoms with E-state index >= 15 is 0 Å². The van der Waals surface area contributed by atoms with Gasteiger partial charge in [0.1, 0.15) is 17.2 Å². The molecule has 0 unspecified atom stereocenters. The molecule has 0 aliphatic heterocycles. The number of aliphatic imine (C=N–C) groups is 2. The number of amidine groups is 1. The van der Waals surface area contributed by atoms with Gasteiger partial charge in [0, 0.05) is 12.5 Å². The molecular weight excluding hydrogens is 502 g/mol. The maximum Gasteiger partial charge on any atom is 0.328 e. The maximum atomic E-state index is 11.4. The molecule has 2 N–H and O–H groups in total. The predicted molar refractivity (Wildman–Crippen MR) is 159 cm³/mol. The third-order valence-electron chi connectivity index (χ3n) is 5.75. The second-order valence-corrected chi connectivity index (χ2v) is 8.90. The molecule has 0 atom stereocenters. The number of hydrogen-bond donors (Lipinski definition) is 1. The van der Waals surface area contributed by atoms with Crippen molar-refractivity contribution in [3.63, 3.8) is 0 Å². The van der Waals surface area contributed by atoms with Crippen LogP contribution in [0.25, 0.3) is 11.1 Å². The minimum atomic E-state index is -0.535. The van der Waals surface area contributed by atoms with E-state index in [1.165, 1.54) is 5.56 Å². The molecule has 0 radical (unpaired) electrons. The molecule has 4 aromatic rings. The van der Waals surface area contributed by atoms with Crippen LogP contribution in [0.15, 0.2) is 126 Å². The number of nitrogens with two attached hydrogens (primary N) is 1. The number of ether oxygens (including phenoxy) is 3. The van der Waals surface area contributed by atoms with Gasteiger partial charge in [-0.2, -0.15) is 9.98 Å². The van der Waals surface area contributed by atoms with Gasteiger partial charge in [-0.1, -0.05) is 67.9 Å². The Kier molecular flexibility index (Phi) is 9.45. The first-order valence-corrected chi connectivity index (χ1v) is 12.9. The molecule has 0 saturated carbocycles. The van der Waals surface area contributed by atoms with E-state index in [1.807, 2.05) is 78.9 Å². The van der Waals surface area contributed by atoms with E-state index < -0.39 is 5.91 Å². The van der Waals surface area contributed by atoms with Crippen LogP contribution < -0.4 is 19.9 Å². The molecule has 0 spiro atoms. The summed E-state index contributed by atoms with van der Waals surface area (Å²) in [5, 5.41) is 0. The van der Waals surface area contributed by atoms with Crippen LogP contribution in [-0.2, 0) is 6.42 Å². The minimum absolute atomic E-state index is 0.0576. The van der Waals surface area contributed by atoms with Gasteiger partial charge in [0.25, 0.3) is 0 Å². The first-order chi connectivity index (χ1) is 19.4. The van der Waals surface area contributed by atoms with E-state index in [-0.39, 0.29) is 11.9 Å². The van der Waals surface area contributed by atoms with Crippen molar-refractivity contribution in [2.45, 2.75) is 26.7 Å². The second-order valence-electron chi connectivity index (χ2n) is 8.90. The first-order valence-electron chi connectivity index (χ1n) is 12.9. The van der Waals surface area contributed by atoms with Crippen molar-refractivity contribution in [2.24, 2.45) is 15.7 Å². The van der Waals surface area contributed by atoms with Gasteiger partial charge < -0.3 is 19.9 Å². The highest BCUT2D eigenvalue weighted by Gasteiger charge is 2.09. The number of aryl methyl sites for hydroxylation is 1. The lowest BCUT2D eigenvalue weighted by atomic mass is 10.1. The van der Waals surface area contributed by atoms with Gasteiger partial charge in [-0.25, -0.2) is 0 Å². The van der Waals surface area contributed by atoms with E-state index in [1.54, 1.807) is 31.2 Å². The highest BCUT2D eigenvalue weighted by Crippen LogP contribution is 2.23. The van der Waals surface area contributed by atoms with Crippen LogP contribution in [0, 0.1) is 0 Å². The normalized spacial score (nSPS) is 11.6. The molecule has 0 aromatic heterocycles. The number of carbonyl (C=O) groups is 1. The Labute approximate surface area is 234 Å². The summed E-state index contributed by atoms with van der Waals surface area (Å²) in [4.78, 5) is 20.2. The fourth-order valence-corrected chi connectivity index (χ4v) is 3.82. The molecule has 0 saturated heterocycles. The van der Waals surface area contributed by atoms with Gasteiger partial charge in [-0.05, 0) is 78.2 Å². The molecule has 202 valence electrons. The highest BCUT2D eigenvalue weighted by atomic mass is 16.5. The summed E-state index contributed by atoms with van der Waals surface area (Å²) in [5.74, 6) is 1.42. The van der Waals surface area contributed by atoms with Crippen molar-refractivity contribution in [3.8, 4) is 28.4 Å². The summed E-state index contributed by atoms with van der Waals surface area (Å²) in [6.07, 6.45) is 2.07. The molecule has 7 heteroatoms. The molecule has 4 aromatic carbocycles. The third-order valence-corrected chi connectivity index (χ3v) is 5.75. The van der Waals surface area contributed by atoms with Crippen LogP contribution in [0.5, 0.6) is 17.2 Å². The summed E-state index contributed by atoms with van der Waals surface area (Å²) in [7, 11) is 0. The van der Waals surface area contributed by atoms with Crippen LogP contribution in [0.1, 0.15) is 36.2 Å². The first kappa shape index (κ1) is 27.9. The van der Waals surface area contributed by atoms with Crippen LogP contribution in [0.4, 0.5) is 0 Å². The van der Waals surface area contributed by atoms with E-state index in [0.29, 0.717) is 28.7 Å². The maximum absolute atomic E-state index is 11.4. The largest absolute Gasteiger partial charge is 0.443 e. The van der Waals surface area contributed by atoms with Crippen LogP contribution in [0.2, 0.25) is 0 Å². The zero-order chi connectivity index (χ0) is 28.3. The van der Waals surface area contributed by atoms with E-state index in [2.05, 4.69) is 23.5 Å². The summed E-state index contributed by atoms with van der Waals surface area (Å²) in [5.41, 5.74) is 9.10. The SMILES string of the molecule is C=C(/N=C(\N=C(/C)Oc1ccc(CCC)cc1)Oc1ccc(C(N)=O)cc1)Oc1ccc(-c2ccccc2)cc1. The number of benzene rings is 4. The summed E-state index contributed by atoms with van der Waals surface area (Å²) < 4.78 is 17.6. The Morgan fingerprint density at radius 3 is 1.90 bits per heavy atom. The molecule has 0 aliphatic rings. The Hall–Kier alpha value is -5.17. The second kappa shape index (κ2) is 13.6. The minimum Gasteiger partial charge on any atom is -0.443 e. The Morgan fingerprint density at radius 2 is 1.27 bits per heavy atom. The zero-order valence-electron chi connectivity index (χ0n) is 22.5. The van der Waals surface area contributed by atoms with Crippen molar-refractivity contribution in [1.82, 2.24) is 0 Å². The topological polar surface area (TPSA) is 95.5 Å². The number of amides is 1. The summed E-state index contributed by atoms with van der Waals surface area (Å²) >= 11 is 0. The standard InChI is InChI=1S/C33H31N3O4/c1-4-8-25-11-17-29(18-12-25)38-23(2)35-33(40-31-21-15-28(16-22-31)32(34)37)36-24(3)39-30-19-13-27(14-20-30)26-9-6-5-7-10-26/h5-7,9-22H,3-4,8H2,1-2H3,(H2,34,37)/b35-23+,36-33+. The van der Waals surface area contributed by atoms with E-state index in [0.717, 1.165) is 24.0 Å². The monoisotopic (exact) mass is 533 g/mol. The number of rotatable bonds is 9. The van der Waals surface area contributed by atoms with Crippen LogP contribution in [0.3, 0.4) is 0 Å². The summed E-state index contributed by atoms with van der Waals surface area (Å²) in [6, 6.07) is 31.7. The third kappa shape index (κ3) is 8.16. The van der Waals surface area contributed by atoms with E-state index in [4.69, 9.17) is 19.9 Å². The Balaban J connectivity index is 1.52. The average molecular weight is 534 g/mol. The van der Waals surface area contributed by atoms with Crippen molar-refractivity contribution >= 4 is 17.8 Å². The lowest BCUT2D eigenvalue weighted by molar-refractivity contribution is 0.100. The molecule has 7 nitrogen and oxygen atoms in total. The molecular formula is C33H31N3O4. The average Bonchev–Trinajstić information content (AvgIpc) is 2.95. The summed E-state index contributed by atoms with van der Waals surface area (Å²) in [6.45, 7) is 7.74. The van der Waals surface area contributed by atoms with Crippen molar-refractivity contribution in [3.05, 3.63) is 127 Å². The van der Waals surface area contributed by atoms with Gasteiger partial charge in [0.2, 0.25) is 11.8 Å². The molecule has 0 fully saturated rings.